The third kappa shape index (κ3) is 1.64. The number of aryl methyl sites for hydroxylation is 1. The van der Waals surface area contributed by atoms with Crippen LogP contribution in [0.4, 0.5) is 0 Å². The minimum absolute atomic E-state index is 0.405. The first-order chi connectivity index (χ1) is 7.78. The summed E-state index contributed by atoms with van der Waals surface area (Å²) in [6.07, 6.45) is 7.09. The lowest BCUT2D eigenvalue weighted by atomic mass is 9.73. The molecular weight excluding hydrogens is 202 g/mol. The lowest BCUT2D eigenvalue weighted by molar-refractivity contribution is 0.170. The zero-order valence-corrected chi connectivity index (χ0v) is 9.74. The van der Waals surface area contributed by atoms with Gasteiger partial charge >= 0.3 is 0 Å². The molecule has 2 fully saturated rings. The molecule has 2 heterocycles. The molecule has 16 heavy (non-hydrogen) atoms. The van der Waals surface area contributed by atoms with Crippen molar-refractivity contribution in [1.29, 1.82) is 0 Å². The fourth-order valence-corrected chi connectivity index (χ4v) is 2.94. The first-order valence-corrected chi connectivity index (χ1v) is 6.12. The van der Waals surface area contributed by atoms with E-state index in [1.165, 1.54) is 25.7 Å². The molecule has 1 aromatic rings. The number of hydrogen-bond donors (Lipinski definition) is 2. The standard InChI is InChI=1S/C11H19N5/c1-16-14-8-9(15-16)7-12-10-3-6-13-11(10)4-2-5-11/h8,10,12-13H,2-7H2,1H3. The molecule has 1 saturated heterocycles. The van der Waals surface area contributed by atoms with Crippen LogP contribution in [0.3, 0.4) is 0 Å². The highest BCUT2D eigenvalue weighted by Gasteiger charge is 2.46. The zero-order chi connectivity index (χ0) is 11.0. The van der Waals surface area contributed by atoms with Gasteiger partial charge in [0.2, 0.25) is 0 Å². The number of aromatic nitrogens is 3. The predicted molar refractivity (Wildman–Crippen MR) is 60.8 cm³/mol. The summed E-state index contributed by atoms with van der Waals surface area (Å²) in [5.74, 6) is 0. The number of hydrogen-bond acceptors (Lipinski definition) is 4. The van der Waals surface area contributed by atoms with Crippen LogP contribution in [0.2, 0.25) is 0 Å². The van der Waals surface area contributed by atoms with Crippen LogP contribution in [-0.2, 0) is 13.6 Å². The third-order valence-electron chi connectivity index (χ3n) is 4.00. The highest BCUT2D eigenvalue weighted by atomic mass is 15.4. The molecular formula is C11H19N5. The van der Waals surface area contributed by atoms with Gasteiger partial charge in [-0.15, -0.1) is 0 Å². The summed E-state index contributed by atoms with van der Waals surface area (Å²) in [7, 11) is 1.86. The van der Waals surface area contributed by atoms with Gasteiger partial charge in [0.15, 0.2) is 0 Å². The maximum atomic E-state index is 4.29. The number of rotatable bonds is 3. The first kappa shape index (κ1) is 10.2. The Morgan fingerprint density at radius 3 is 3.12 bits per heavy atom. The second kappa shape index (κ2) is 3.82. The lowest BCUT2D eigenvalue weighted by Crippen LogP contribution is -2.57. The lowest BCUT2D eigenvalue weighted by Gasteiger charge is -2.43. The fraction of sp³-hybridized carbons (Fsp3) is 0.818. The Morgan fingerprint density at radius 2 is 2.50 bits per heavy atom. The van der Waals surface area contributed by atoms with Crippen molar-refractivity contribution in [2.75, 3.05) is 6.54 Å². The zero-order valence-electron chi connectivity index (χ0n) is 9.74. The largest absolute Gasteiger partial charge is 0.310 e. The Morgan fingerprint density at radius 1 is 1.62 bits per heavy atom. The van der Waals surface area contributed by atoms with Gasteiger partial charge in [-0.2, -0.15) is 15.0 Å². The maximum Gasteiger partial charge on any atom is 0.0964 e. The number of nitrogens with one attached hydrogen (secondary N) is 2. The topological polar surface area (TPSA) is 54.8 Å². The Kier molecular flexibility index (Phi) is 2.44. The fourth-order valence-electron chi connectivity index (χ4n) is 2.94. The maximum absolute atomic E-state index is 4.29. The van der Waals surface area contributed by atoms with Crippen molar-refractivity contribution in [3.05, 3.63) is 11.9 Å². The Balaban J connectivity index is 1.58. The van der Waals surface area contributed by atoms with E-state index in [1.807, 2.05) is 13.2 Å². The molecule has 5 heteroatoms. The summed E-state index contributed by atoms with van der Waals surface area (Å²) in [5.41, 5.74) is 1.44. The van der Waals surface area contributed by atoms with E-state index in [2.05, 4.69) is 20.8 Å². The van der Waals surface area contributed by atoms with Crippen molar-refractivity contribution in [2.24, 2.45) is 7.05 Å². The molecule has 1 aromatic heterocycles. The second-order valence-corrected chi connectivity index (χ2v) is 4.98. The Bertz CT molecular complexity index is 368. The van der Waals surface area contributed by atoms with E-state index in [9.17, 15) is 0 Å². The summed E-state index contributed by atoms with van der Waals surface area (Å²) < 4.78 is 0. The van der Waals surface area contributed by atoms with Gasteiger partial charge in [-0.3, -0.25) is 0 Å². The molecule has 3 rings (SSSR count). The van der Waals surface area contributed by atoms with Gasteiger partial charge in [0.05, 0.1) is 11.9 Å². The molecule has 0 aromatic carbocycles. The van der Waals surface area contributed by atoms with Crippen molar-refractivity contribution in [3.63, 3.8) is 0 Å². The summed E-state index contributed by atoms with van der Waals surface area (Å²) in [6.45, 7) is 1.99. The van der Waals surface area contributed by atoms with Crippen molar-refractivity contribution >= 4 is 0 Å². The SMILES string of the molecule is Cn1ncc(CNC2CCNC23CCC3)n1. The van der Waals surface area contributed by atoms with E-state index in [4.69, 9.17) is 0 Å². The molecule has 1 saturated carbocycles. The third-order valence-corrected chi connectivity index (χ3v) is 4.00. The average Bonchev–Trinajstić information content (AvgIpc) is 2.79. The minimum Gasteiger partial charge on any atom is -0.310 e. The average molecular weight is 221 g/mol. The summed E-state index contributed by atoms with van der Waals surface area (Å²) in [5, 5.41) is 15.7. The molecule has 2 aliphatic rings. The van der Waals surface area contributed by atoms with Gasteiger partial charge in [0.1, 0.15) is 0 Å². The van der Waals surface area contributed by atoms with Crippen molar-refractivity contribution < 1.29 is 0 Å². The van der Waals surface area contributed by atoms with E-state index >= 15 is 0 Å². The van der Waals surface area contributed by atoms with E-state index in [1.54, 1.807) is 4.80 Å². The van der Waals surface area contributed by atoms with E-state index in [0.29, 0.717) is 11.6 Å². The second-order valence-electron chi connectivity index (χ2n) is 4.98. The number of nitrogens with zero attached hydrogens (tertiary/aromatic N) is 3. The molecule has 1 aliphatic heterocycles. The molecule has 1 atom stereocenters. The van der Waals surface area contributed by atoms with Gasteiger partial charge in [-0.05, 0) is 32.2 Å². The minimum atomic E-state index is 0.405. The first-order valence-electron chi connectivity index (χ1n) is 6.12. The van der Waals surface area contributed by atoms with Crippen LogP contribution in [0, 0.1) is 0 Å². The van der Waals surface area contributed by atoms with Gasteiger partial charge in [-0.25, -0.2) is 0 Å². The molecule has 5 nitrogen and oxygen atoms in total. The quantitative estimate of drug-likeness (QED) is 0.765. The highest BCUT2D eigenvalue weighted by Crippen LogP contribution is 2.39. The summed E-state index contributed by atoms with van der Waals surface area (Å²) in [6, 6.07) is 0.614. The normalized spacial score (nSPS) is 27.2. The van der Waals surface area contributed by atoms with Gasteiger partial charge in [-0.1, -0.05) is 0 Å². The molecule has 1 aliphatic carbocycles. The molecule has 0 radical (unpaired) electrons. The van der Waals surface area contributed by atoms with Crippen molar-refractivity contribution in [1.82, 2.24) is 25.6 Å². The van der Waals surface area contributed by atoms with E-state index < -0.39 is 0 Å². The molecule has 88 valence electrons. The summed E-state index contributed by atoms with van der Waals surface area (Å²) in [4.78, 5) is 1.61. The van der Waals surface area contributed by atoms with Crippen LogP contribution in [0.5, 0.6) is 0 Å². The summed E-state index contributed by atoms with van der Waals surface area (Å²) >= 11 is 0. The monoisotopic (exact) mass is 221 g/mol. The van der Waals surface area contributed by atoms with Gasteiger partial charge < -0.3 is 10.6 Å². The van der Waals surface area contributed by atoms with Crippen LogP contribution in [-0.4, -0.2) is 33.1 Å². The van der Waals surface area contributed by atoms with Crippen LogP contribution in [0.1, 0.15) is 31.4 Å². The Labute approximate surface area is 95.6 Å². The van der Waals surface area contributed by atoms with Crippen LogP contribution >= 0.6 is 0 Å². The molecule has 0 bridgehead atoms. The molecule has 1 spiro atoms. The van der Waals surface area contributed by atoms with E-state index in [0.717, 1.165) is 18.8 Å². The van der Waals surface area contributed by atoms with Crippen LogP contribution in [0.15, 0.2) is 6.20 Å². The van der Waals surface area contributed by atoms with Gasteiger partial charge in [0, 0.05) is 25.2 Å². The van der Waals surface area contributed by atoms with Crippen molar-refractivity contribution in [2.45, 2.75) is 43.8 Å². The smallest absolute Gasteiger partial charge is 0.0964 e. The van der Waals surface area contributed by atoms with E-state index in [-0.39, 0.29) is 0 Å². The molecule has 2 N–H and O–H groups in total. The van der Waals surface area contributed by atoms with Gasteiger partial charge in [0.25, 0.3) is 0 Å². The predicted octanol–water partition coefficient (Wildman–Crippen LogP) is 0.189. The highest BCUT2D eigenvalue weighted by molar-refractivity contribution is 5.09. The van der Waals surface area contributed by atoms with Crippen LogP contribution < -0.4 is 10.6 Å². The van der Waals surface area contributed by atoms with Crippen molar-refractivity contribution in [3.8, 4) is 0 Å². The van der Waals surface area contributed by atoms with Crippen LogP contribution in [0.25, 0.3) is 0 Å². The Hall–Kier alpha value is -0.940. The molecule has 1 unspecified atom stereocenters. The molecule has 0 amide bonds.